The molecule has 0 bridgehead atoms. The first-order chi connectivity index (χ1) is 10.9. The van der Waals surface area contributed by atoms with Gasteiger partial charge in [-0.1, -0.05) is 25.6 Å². The van der Waals surface area contributed by atoms with E-state index in [-0.39, 0.29) is 7.43 Å². The molecule has 5 heteroatoms. The predicted molar refractivity (Wildman–Crippen MR) is 92.4 cm³/mol. The molecule has 0 radical (unpaired) electrons. The molecule has 5 nitrogen and oxygen atoms in total. The van der Waals surface area contributed by atoms with Crippen LogP contribution in [-0.4, -0.2) is 27.0 Å². The Balaban J connectivity index is 0.00000156. The number of benzene rings is 1. The molecule has 2 N–H and O–H groups in total. The van der Waals surface area contributed by atoms with Crippen molar-refractivity contribution in [2.75, 3.05) is 7.11 Å². The topological polar surface area (TPSA) is 66.6 Å². The Kier molecular flexibility index (Phi) is 3.85. The van der Waals surface area contributed by atoms with Crippen LogP contribution in [0.5, 0.6) is 5.75 Å². The normalized spacial score (nSPS) is 10.5. The zero-order valence-corrected chi connectivity index (χ0v) is 12.0. The van der Waals surface area contributed by atoms with Gasteiger partial charge in [-0.2, -0.15) is 0 Å². The minimum absolute atomic E-state index is 0. The summed E-state index contributed by atoms with van der Waals surface area (Å²) in [5.74, 6) is 0.843. The third-order valence-electron chi connectivity index (χ3n) is 3.74. The minimum Gasteiger partial charge on any atom is -0.496 e. The molecule has 0 spiro atoms. The standard InChI is InChI=1S/C17H14N4O.CH4/c1-22-16-5-3-2-4-12(16)14-8-20-17-13(14)6-11(7-19-17)15-9-18-10-21-15;/h2-10H,1H3,(H,18,21)(H,19,20);1H4. The first-order valence-electron chi connectivity index (χ1n) is 6.96. The monoisotopic (exact) mass is 306 g/mol. The number of nitrogens with zero attached hydrogens (tertiary/aromatic N) is 2. The highest BCUT2D eigenvalue weighted by Gasteiger charge is 2.12. The minimum atomic E-state index is 0. The fraction of sp³-hybridized carbons (Fsp3) is 0.111. The van der Waals surface area contributed by atoms with Crippen molar-refractivity contribution in [1.29, 1.82) is 0 Å². The van der Waals surface area contributed by atoms with Crippen LogP contribution < -0.4 is 4.74 Å². The summed E-state index contributed by atoms with van der Waals surface area (Å²) in [6.07, 6.45) is 7.25. The molecule has 3 aromatic heterocycles. The van der Waals surface area contributed by atoms with Crippen LogP contribution in [0, 0.1) is 0 Å². The molecule has 0 saturated heterocycles. The number of nitrogens with one attached hydrogen (secondary N) is 2. The molecule has 0 atom stereocenters. The molecule has 0 aliphatic heterocycles. The van der Waals surface area contributed by atoms with E-state index in [1.165, 1.54) is 0 Å². The van der Waals surface area contributed by atoms with Gasteiger partial charge in [0.05, 0.1) is 25.3 Å². The Morgan fingerprint density at radius 2 is 1.91 bits per heavy atom. The van der Waals surface area contributed by atoms with Gasteiger partial charge in [0.1, 0.15) is 11.4 Å². The third-order valence-corrected chi connectivity index (χ3v) is 3.74. The molecule has 0 fully saturated rings. The smallest absolute Gasteiger partial charge is 0.137 e. The summed E-state index contributed by atoms with van der Waals surface area (Å²) in [5, 5.41) is 1.05. The van der Waals surface area contributed by atoms with E-state index in [1.807, 2.05) is 36.7 Å². The molecule has 0 aliphatic carbocycles. The Bertz CT molecular complexity index is 925. The molecule has 4 rings (SSSR count). The van der Waals surface area contributed by atoms with Gasteiger partial charge in [-0.25, -0.2) is 9.97 Å². The van der Waals surface area contributed by atoms with E-state index >= 15 is 0 Å². The van der Waals surface area contributed by atoms with Crippen LogP contribution in [0.2, 0.25) is 0 Å². The lowest BCUT2D eigenvalue weighted by molar-refractivity contribution is 0.416. The summed E-state index contributed by atoms with van der Waals surface area (Å²) < 4.78 is 5.47. The van der Waals surface area contributed by atoms with Gasteiger partial charge >= 0.3 is 0 Å². The average molecular weight is 306 g/mol. The van der Waals surface area contributed by atoms with E-state index in [0.29, 0.717) is 0 Å². The molecule has 116 valence electrons. The number of imidazole rings is 1. The van der Waals surface area contributed by atoms with Gasteiger partial charge in [0.25, 0.3) is 0 Å². The van der Waals surface area contributed by atoms with Crippen molar-refractivity contribution in [3.63, 3.8) is 0 Å². The number of hydrogen-bond acceptors (Lipinski definition) is 3. The fourth-order valence-corrected chi connectivity index (χ4v) is 2.65. The van der Waals surface area contributed by atoms with E-state index < -0.39 is 0 Å². The molecule has 0 unspecified atom stereocenters. The number of pyridine rings is 1. The second-order valence-corrected chi connectivity index (χ2v) is 4.99. The number of fused-ring (bicyclic) bond motifs is 1. The quantitative estimate of drug-likeness (QED) is 0.594. The Hall–Kier alpha value is -3.08. The van der Waals surface area contributed by atoms with Gasteiger partial charge in [0.2, 0.25) is 0 Å². The van der Waals surface area contributed by atoms with E-state index in [9.17, 15) is 0 Å². The van der Waals surface area contributed by atoms with Crippen LogP contribution in [-0.2, 0) is 0 Å². The molecular formula is C18H18N4O. The van der Waals surface area contributed by atoms with Gasteiger partial charge in [-0.3, -0.25) is 0 Å². The van der Waals surface area contributed by atoms with Gasteiger partial charge in [-0.15, -0.1) is 0 Å². The zero-order chi connectivity index (χ0) is 14.9. The van der Waals surface area contributed by atoms with Gasteiger partial charge in [-0.05, 0) is 12.1 Å². The summed E-state index contributed by atoms with van der Waals surface area (Å²) in [6.45, 7) is 0. The summed E-state index contributed by atoms with van der Waals surface area (Å²) >= 11 is 0. The molecule has 1 aromatic carbocycles. The lowest BCUT2D eigenvalue weighted by Crippen LogP contribution is -1.87. The zero-order valence-electron chi connectivity index (χ0n) is 12.0. The van der Waals surface area contributed by atoms with Crippen molar-refractivity contribution in [2.45, 2.75) is 7.43 Å². The van der Waals surface area contributed by atoms with Crippen LogP contribution in [0.4, 0.5) is 0 Å². The van der Waals surface area contributed by atoms with E-state index in [1.54, 1.807) is 19.6 Å². The Labute approximate surface area is 134 Å². The SMILES string of the molecule is C.COc1ccccc1-c1c[nH]c2ncc(-c3cnc[nH]3)cc12. The lowest BCUT2D eigenvalue weighted by atomic mass is 10.0. The lowest BCUT2D eigenvalue weighted by Gasteiger charge is -2.07. The van der Waals surface area contributed by atoms with Crippen molar-refractivity contribution in [3.05, 3.63) is 55.2 Å². The maximum absolute atomic E-state index is 5.47. The number of hydrogen-bond donors (Lipinski definition) is 2. The summed E-state index contributed by atoms with van der Waals surface area (Å²) in [6, 6.07) is 10.1. The van der Waals surface area contributed by atoms with Crippen LogP contribution in [0.3, 0.4) is 0 Å². The van der Waals surface area contributed by atoms with Crippen LogP contribution in [0.15, 0.2) is 55.2 Å². The highest BCUT2D eigenvalue weighted by molar-refractivity contribution is 5.97. The molecular weight excluding hydrogens is 288 g/mol. The van der Waals surface area contributed by atoms with Gasteiger partial charge in [0.15, 0.2) is 0 Å². The summed E-state index contributed by atoms with van der Waals surface area (Å²) in [7, 11) is 1.68. The maximum atomic E-state index is 5.47. The maximum Gasteiger partial charge on any atom is 0.137 e. The van der Waals surface area contributed by atoms with Crippen LogP contribution >= 0.6 is 0 Å². The number of H-pyrrole nitrogens is 2. The highest BCUT2D eigenvalue weighted by atomic mass is 16.5. The Morgan fingerprint density at radius 1 is 1.04 bits per heavy atom. The number of ether oxygens (including phenoxy) is 1. The second-order valence-electron chi connectivity index (χ2n) is 4.99. The molecule has 23 heavy (non-hydrogen) atoms. The molecule has 3 heterocycles. The van der Waals surface area contributed by atoms with Gasteiger partial charge in [0, 0.05) is 34.5 Å². The number of aromatic amines is 2. The fourth-order valence-electron chi connectivity index (χ4n) is 2.65. The Morgan fingerprint density at radius 3 is 2.70 bits per heavy atom. The molecule has 0 saturated carbocycles. The highest BCUT2D eigenvalue weighted by Crippen LogP contribution is 2.35. The van der Waals surface area contributed by atoms with Crippen molar-refractivity contribution in [1.82, 2.24) is 19.9 Å². The van der Waals surface area contributed by atoms with Crippen LogP contribution in [0.1, 0.15) is 7.43 Å². The number of para-hydroxylation sites is 1. The average Bonchev–Trinajstić information content (AvgIpc) is 3.23. The predicted octanol–water partition coefficient (Wildman–Crippen LogP) is 4.26. The van der Waals surface area contributed by atoms with Crippen molar-refractivity contribution >= 4 is 11.0 Å². The largest absolute Gasteiger partial charge is 0.496 e. The van der Waals surface area contributed by atoms with Crippen molar-refractivity contribution in [3.8, 4) is 28.1 Å². The third kappa shape index (κ3) is 2.46. The van der Waals surface area contributed by atoms with Gasteiger partial charge < -0.3 is 14.7 Å². The van der Waals surface area contributed by atoms with E-state index in [4.69, 9.17) is 4.74 Å². The van der Waals surface area contributed by atoms with E-state index in [0.717, 1.165) is 39.2 Å². The number of rotatable bonds is 3. The summed E-state index contributed by atoms with van der Waals surface area (Å²) in [4.78, 5) is 14.9. The summed E-state index contributed by atoms with van der Waals surface area (Å²) in [5.41, 5.74) is 4.91. The van der Waals surface area contributed by atoms with Crippen LogP contribution in [0.25, 0.3) is 33.4 Å². The molecule has 4 aromatic rings. The number of aromatic nitrogens is 4. The molecule has 0 amide bonds. The molecule has 0 aliphatic rings. The first kappa shape index (κ1) is 14.8. The second kappa shape index (κ2) is 5.96. The first-order valence-corrected chi connectivity index (χ1v) is 6.96. The number of methoxy groups -OCH3 is 1. The van der Waals surface area contributed by atoms with Crippen molar-refractivity contribution in [2.24, 2.45) is 0 Å². The van der Waals surface area contributed by atoms with E-state index in [2.05, 4.69) is 26.0 Å². The van der Waals surface area contributed by atoms with Crippen molar-refractivity contribution < 1.29 is 4.74 Å².